The first-order valence-corrected chi connectivity index (χ1v) is 10.7. The second-order valence-corrected chi connectivity index (χ2v) is 8.06. The Labute approximate surface area is 164 Å². The molecule has 1 aliphatic rings. The molecule has 0 radical (unpaired) electrons. The van der Waals surface area contributed by atoms with Crippen molar-refractivity contribution in [3.63, 3.8) is 0 Å². The first kappa shape index (κ1) is 19.9. The van der Waals surface area contributed by atoms with Gasteiger partial charge in [0.15, 0.2) is 5.82 Å². The van der Waals surface area contributed by atoms with Crippen molar-refractivity contribution in [2.45, 2.75) is 71.1 Å². The van der Waals surface area contributed by atoms with Crippen molar-refractivity contribution in [2.75, 3.05) is 7.11 Å². The van der Waals surface area contributed by atoms with E-state index >= 15 is 0 Å². The van der Waals surface area contributed by atoms with E-state index in [9.17, 15) is 0 Å². The molecule has 3 heteroatoms. The van der Waals surface area contributed by atoms with E-state index in [4.69, 9.17) is 4.74 Å². The topological polar surface area (TPSA) is 35.0 Å². The number of rotatable bonds is 9. The minimum atomic E-state index is 0.786. The monoisotopic (exact) mass is 366 g/mol. The molecule has 0 atom stereocenters. The van der Waals surface area contributed by atoms with Crippen LogP contribution >= 0.6 is 0 Å². The molecule has 3 nitrogen and oxygen atoms in total. The normalized spacial score (nSPS) is 19.8. The predicted molar refractivity (Wildman–Crippen MR) is 112 cm³/mol. The Morgan fingerprint density at radius 2 is 1.52 bits per heavy atom. The average molecular weight is 367 g/mol. The van der Waals surface area contributed by atoms with Gasteiger partial charge in [0.2, 0.25) is 0 Å². The maximum Gasteiger partial charge on any atom is 0.159 e. The molecule has 1 heterocycles. The van der Waals surface area contributed by atoms with Crippen LogP contribution < -0.4 is 4.74 Å². The highest BCUT2D eigenvalue weighted by Crippen LogP contribution is 2.34. The smallest absolute Gasteiger partial charge is 0.159 e. The van der Waals surface area contributed by atoms with Gasteiger partial charge in [0.05, 0.1) is 7.11 Å². The third-order valence-corrected chi connectivity index (χ3v) is 6.08. The summed E-state index contributed by atoms with van der Waals surface area (Å²) in [6, 6.07) is 7.91. The van der Waals surface area contributed by atoms with E-state index in [-0.39, 0.29) is 0 Å². The molecule has 146 valence electrons. The van der Waals surface area contributed by atoms with Gasteiger partial charge in [0, 0.05) is 18.0 Å². The molecular formula is C24H34N2O. The van der Waals surface area contributed by atoms with Gasteiger partial charge < -0.3 is 4.74 Å². The zero-order chi connectivity index (χ0) is 18.9. The summed E-state index contributed by atoms with van der Waals surface area (Å²) in [6.45, 7) is 2.30. The van der Waals surface area contributed by atoms with E-state index in [2.05, 4.69) is 16.9 Å². The van der Waals surface area contributed by atoms with Crippen LogP contribution in [0, 0.1) is 11.8 Å². The summed E-state index contributed by atoms with van der Waals surface area (Å²) in [5, 5.41) is 0. The second kappa shape index (κ2) is 10.4. The zero-order valence-electron chi connectivity index (χ0n) is 17.0. The molecule has 0 bridgehead atoms. The lowest BCUT2D eigenvalue weighted by Gasteiger charge is -2.28. The van der Waals surface area contributed by atoms with Gasteiger partial charge in [0.1, 0.15) is 5.75 Å². The Hall–Kier alpha value is -1.90. The fourth-order valence-electron chi connectivity index (χ4n) is 4.24. The molecule has 0 amide bonds. The van der Waals surface area contributed by atoms with Crippen molar-refractivity contribution in [3.05, 3.63) is 42.2 Å². The van der Waals surface area contributed by atoms with Crippen molar-refractivity contribution in [1.82, 2.24) is 9.97 Å². The molecule has 27 heavy (non-hydrogen) atoms. The minimum absolute atomic E-state index is 0.786. The molecular weight excluding hydrogens is 332 g/mol. The van der Waals surface area contributed by atoms with Crippen LogP contribution in [0.15, 0.2) is 36.7 Å². The molecule has 0 aliphatic heterocycles. The Kier molecular flexibility index (Phi) is 7.67. The zero-order valence-corrected chi connectivity index (χ0v) is 17.0. The number of aromatic nitrogens is 2. The third kappa shape index (κ3) is 6.05. The number of ether oxygens (including phenoxy) is 1. The predicted octanol–water partition coefficient (Wildman–Crippen LogP) is 6.47. The molecule has 0 N–H and O–H groups in total. The maximum absolute atomic E-state index is 5.20. The SMILES string of the molecule is CCCCC[C@H]1CC[C@H](CCc2cnc(-c3ccc(OC)cc3)nc2)CC1. The van der Waals surface area contributed by atoms with Crippen LogP contribution in [-0.4, -0.2) is 17.1 Å². The fraction of sp³-hybridized carbons (Fsp3) is 0.583. The minimum Gasteiger partial charge on any atom is -0.497 e. The molecule has 0 spiro atoms. The van der Waals surface area contributed by atoms with Gasteiger partial charge in [-0.25, -0.2) is 9.97 Å². The largest absolute Gasteiger partial charge is 0.497 e. The number of hydrogen-bond donors (Lipinski definition) is 0. The summed E-state index contributed by atoms with van der Waals surface area (Å²) < 4.78 is 5.20. The molecule has 2 aromatic rings. The summed E-state index contributed by atoms with van der Waals surface area (Å²) >= 11 is 0. The molecule has 0 saturated heterocycles. The Morgan fingerprint density at radius 3 is 2.11 bits per heavy atom. The van der Waals surface area contributed by atoms with Crippen molar-refractivity contribution in [1.29, 1.82) is 0 Å². The molecule has 1 aliphatic carbocycles. The van der Waals surface area contributed by atoms with Crippen molar-refractivity contribution in [3.8, 4) is 17.1 Å². The quantitative estimate of drug-likeness (QED) is 0.477. The third-order valence-electron chi connectivity index (χ3n) is 6.08. The summed E-state index contributed by atoms with van der Waals surface area (Å²) in [4.78, 5) is 9.14. The molecule has 0 unspecified atom stereocenters. The Balaban J connectivity index is 1.42. The highest BCUT2D eigenvalue weighted by Gasteiger charge is 2.20. The van der Waals surface area contributed by atoms with Crippen LogP contribution in [0.5, 0.6) is 5.75 Å². The second-order valence-electron chi connectivity index (χ2n) is 8.06. The number of aryl methyl sites for hydroxylation is 1. The van der Waals surface area contributed by atoms with E-state index < -0.39 is 0 Å². The average Bonchev–Trinajstić information content (AvgIpc) is 2.74. The lowest BCUT2D eigenvalue weighted by atomic mass is 9.78. The fourth-order valence-corrected chi connectivity index (χ4v) is 4.24. The summed E-state index contributed by atoms with van der Waals surface area (Å²) in [7, 11) is 1.68. The summed E-state index contributed by atoms with van der Waals surface area (Å²) in [5.41, 5.74) is 2.29. The van der Waals surface area contributed by atoms with Gasteiger partial charge in [-0.2, -0.15) is 0 Å². The summed E-state index contributed by atoms with van der Waals surface area (Å²) in [5.74, 6) is 3.54. The Morgan fingerprint density at radius 1 is 0.889 bits per heavy atom. The maximum atomic E-state index is 5.20. The standard InChI is InChI=1S/C24H34N2O/c1-3-4-5-6-19-7-9-20(10-8-19)11-12-21-17-25-24(26-18-21)22-13-15-23(27-2)16-14-22/h13-20H,3-12H2,1-2H3/t19-,20-. The number of benzene rings is 1. The lowest BCUT2D eigenvalue weighted by Crippen LogP contribution is -2.15. The van der Waals surface area contributed by atoms with E-state index in [0.29, 0.717) is 0 Å². The van der Waals surface area contributed by atoms with E-state index in [0.717, 1.165) is 35.4 Å². The van der Waals surface area contributed by atoms with Gasteiger partial charge in [-0.05, 0) is 54.5 Å². The summed E-state index contributed by atoms with van der Waals surface area (Å²) in [6.07, 6.45) is 17.8. The van der Waals surface area contributed by atoms with Crippen molar-refractivity contribution < 1.29 is 4.74 Å². The van der Waals surface area contributed by atoms with Crippen molar-refractivity contribution in [2.24, 2.45) is 11.8 Å². The molecule has 3 rings (SSSR count). The number of nitrogens with zero attached hydrogens (tertiary/aromatic N) is 2. The molecule has 1 aromatic carbocycles. The van der Waals surface area contributed by atoms with Crippen LogP contribution in [0.4, 0.5) is 0 Å². The van der Waals surface area contributed by atoms with Gasteiger partial charge >= 0.3 is 0 Å². The number of methoxy groups -OCH3 is 1. The molecule has 1 saturated carbocycles. The van der Waals surface area contributed by atoms with Crippen LogP contribution in [0.1, 0.15) is 70.3 Å². The van der Waals surface area contributed by atoms with Gasteiger partial charge in [-0.1, -0.05) is 58.3 Å². The number of hydrogen-bond acceptors (Lipinski definition) is 3. The van der Waals surface area contributed by atoms with Gasteiger partial charge in [-0.15, -0.1) is 0 Å². The molecule has 1 fully saturated rings. The van der Waals surface area contributed by atoms with E-state index in [1.807, 2.05) is 36.7 Å². The van der Waals surface area contributed by atoms with E-state index in [1.54, 1.807) is 7.11 Å². The number of unbranched alkanes of at least 4 members (excludes halogenated alkanes) is 2. The molecule has 1 aromatic heterocycles. The van der Waals surface area contributed by atoms with E-state index in [1.165, 1.54) is 63.4 Å². The van der Waals surface area contributed by atoms with Crippen LogP contribution in [0.25, 0.3) is 11.4 Å². The van der Waals surface area contributed by atoms with Crippen molar-refractivity contribution >= 4 is 0 Å². The van der Waals surface area contributed by atoms with Crippen LogP contribution in [0.3, 0.4) is 0 Å². The first-order valence-electron chi connectivity index (χ1n) is 10.7. The highest BCUT2D eigenvalue weighted by molar-refractivity contribution is 5.55. The van der Waals surface area contributed by atoms with Gasteiger partial charge in [-0.3, -0.25) is 0 Å². The van der Waals surface area contributed by atoms with Crippen LogP contribution in [0.2, 0.25) is 0 Å². The highest BCUT2D eigenvalue weighted by atomic mass is 16.5. The Bertz CT molecular complexity index is 658. The van der Waals surface area contributed by atoms with Gasteiger partial charge in [0.25, 0.3) is 0 Å². The lowest BCUT2D eigenvalue weighted by molar-refractivity contribution is 0.249. The van der Waals surface area contributed by atoms with Crippen LogP contribution in [-0.2, 0) is 6.42 Å². The first-order chi connectivity index (χ1) is 13.3.